The molecule has 0 aliphatic rings. The van der Waals surface area contributed by atoms with Crippen LogP contribution in [0.4, 0.5) is 0 Å². The van der Waals surface area contributed by atoms with Crippen molar-refractivity contribution in [3.63, 3.8) is 0 Å². The summed E-state index contributed by atoms with van der Waals surface area (Å²) in [5.41, 5.74) is 0.683. The van der Waals surface area contributed by atoms with Gasteiger partial charge in [-0.05, 0) is 18.6 Å². The van der Waals surface area contributed by atoms with Crippen LogP contribution in [0.2, 0.25) is 0 Å². The summed E-state index contributed by atoms with van der Waals surface area (Å²) in [4.78, 5) is 11.5. The molecule has 0 saturated carbocycles. The fourth-order valence-electron chi connectivity index (χ4n) is 1.13. The van der Waals surface area contributed by atoms with Gasteiger partial charge in [-0.2, -0.15) is 0 Å². The van der Waals surface area contributed by atoms with E-state index in [4.69, 9.17) is 4.74 Å². The van der Waals surface area contributed by atoms with Crippen LogP contribution < -0.4 is 5.32 Å². The fraction of sp³-hybridized carbons (Fsp3) is 0.250. The van der Waals surface area contributed by atoms with Crippen LogP contribution in [0.5, 0.6) is 0 Å². The second-order valence-corrected chi connectivity index (χ2v) is 3.01. The van der Waals surface area contributed by atoms with Gasteiger partial charge >= 0.3 is 0 Å². The number of amides is 1. The lowest BCUT2D eigenvalue weighted by Crippen LogP contribution is -2.24. The summed E-state index contributed by atoms with van der Waals surface area (Å²) in [5, 5.41) is 2.80. The maximum absolute atomic E-state index is 11.5. The molecule has 0 bridgehead atoms. The number of ether oxygens (including phenoxy) is 1. The van der Waals surface area contributed by atoms with Crippen LogP contribution in [0.3, 0.4) is 0 Å². The van der Waals surface area contributed by atoms with Gasteiger partial charge < -0.3 is 10.1 Å². The monoisotopic (exact) mass is 205 g/mol. The van der Waals surface area contributed by atoms with Crippen molar-refractivity contribution in [3.05, 3.63) is 48.7 Å². The minimum absolute atomic E-state index is 0.0470. The van der Waals surface area contributed by atoms with Gasteiger partial charge in [-0.15, -0.1) is 0 Å². The van der Waals surface area contributed by atoms with E-state index < -0.39 is 0 Å². The smallest absolute Gasteiger partial charge is 0.251 e. The first-order valence-corrected chi connectivity index (χ1v) is 4.90. The zero-order valence-corrected chi connectivity index (χ0v) is 8.61. The number of hydrogen-bond acceptors (Lipinski definition) is 2. The molecule has 80 valence electrons. The first kappa shape index (κ1) is 11.3. The van der Waals surface area contributed by atoms with E-state index in [0.717, 1.165) is 6.42 Å². The fourth-order valence-corrected chi connectivity index (χ4v) is 1.13. The van der Waals surface area contributed by atoms with Crippen molar-refractivity contribution in [2.75, 3.05) is 13.2 Å². The van der Waals surface area contributed by atoms with Gasteiger partial charge in [0.05, 0.1) is 12.9 Å². The first-order valence-electron chi connectivity index (χ1n) is 4.90. The van der Waals surface area contributed by atoms with Gasteiger partial charge in [0.25, 0.3) is 5.91 Å². The van der Waals surface area contributed by atoms with Crippen LogP contribution in [-0.4, -0.2) is 19.1 Å². The van der Waals surface area contributed by atoms with Crippen molar-refractivity contribution in [3.8, 4) is 0 Å². The molecule has 0 spiro atoms. The van der Waals surface area contributed by atoms with Crippen LogP contribution in [0.15, 0.2) is 43.2 Å². The summed E-state index contributed by atoms with van der Waals surface area (Å²) in [7, 11) is 0. The molecule has 0 radical (unpaired) electrons. The van der Waals surface area contributed by atoms with Crippen LogP contribution >= 0.6 is 0 Å². The SMILES string of the molecule is C=COCCCNC(=O)c1ccccc1. The van der Waals surface area contributed by atoms with Crippen molar-refractivity contribution >= 4 is 5.91 Å². The summed E-state index contributed by atoms with van der Waals surface area (Å²) < 4.78 is 4.93. The Balaban J connectivity index is 2.22. The van der Waals surface area contributed by atoms with Gasteiger partial charge in [0.15, 0.2) is 0 Å². The molecule has 0 aliphatic carbocycles. The Kier molecular flexibility index (Phi) is 5.01. The lowest BCUT2D eigenvalue weighted by Gasteiger charge is -2.04. The molecule has 1 N–H and O–H groups in total. The number of carbonyl (C=O) groups excluding carboxylic acids is 1. The highest BCUT2D eigenvalue weighted by Crippen LogP contribution is 1.97. The second kappa shape index (κ2) is 6.65. The average molecular weight is 205 g/mol. The van der Waals surface area contributed by atoms with Crippen LogP contribution in [0.1, 0.15) is 16.8 Å². The highest BCUT2D eigenvalue weighted by Gasteiger charge is 2.01. The zero-order valence-electron chi connectivity index (χ0n) is 8.61. The van der Waals surface area contributed by atoms with E-state index in [9.17, 15) is 4.79 Å². The normalized spacial score (nSPS) is 9.33. The van der Waals surface area contributed by atoms with Crippen molar-refractivity contribution < 1.29 is 9.53 Å². The Morgan fingerprint density at radius 2 is 2.13 bits per heavy atom. The Bertz CT molecular complexity index is 309. The standard InChI is InChI=1S/C12H15NO2/c1-2-15-10-6-9-13-12(14)11-7-4-3-5-8-11/h2-5,7-8H,1,6,9-10H2,(H,13,14). The van der Waals surface area contributed by atoms with E-state index in [1.807, 2.05) is 18.2 Å². The number of carbonyl (C=O) groups is 1. The average Bonchev–Trinajstić information content (AvgIpc) is 2.30. The molecular formula is C12H15NO2. The van der Waals surface area contributed by atoms with E-state index in [2.05, 4.69) is 11.9 Å². The van der Waals surface area contributed by atoms with Gasteiger partial charge in [0.1, 0.15) is 0 Å². The molecule has 0 aromatic heterocycles. The molecule has 1 aromatic carbocycles. The van der Waals surface area contributed by atoms with E-state index in [-0.39, 0.29) is 5.91 Å². The van der Waals surface area contributed by atoms with Gasteiger partial charge in [-0.3, -0.25) is 4.79 Å². The summed E-state index contributed by atoms with van der Waals surface area (Å²) >= 11 is 0. The molecule has 1 aromatic rings. The number of benzene rings is 1. The quantitative estimate of drug-likeness (QED) is 0.569. The minimum Gasteiger partial charge on any atom is -0.502 e. The number of nitrogens with one attached hydrogen (secondary N) is 1. The summed E-state index contributed by atoms with van der Waals surface area (Å²) in [6.45, 7) is 4.63. The van der Waals surface area contributed by atoms with Crippen molar-refractivity contribution in [2.45, 2.75) is 6.42 Å². The molecular weight excluding hydrogens is 190 g/mol. The highest BCUT2D eigenvalue weighted by atomic mass is 16.5. The molecule has 0 saturated heterocycles. The molecule has 15 heavy (non-hydrogen) atoms. The summed E-state index contributed by atoms with van der Waals surface area (Å²) in [5.74, 6) is -0.0470. The number of hydrogen-bond donors (Lipinski definition) is 1. The van der Waals surface area contributed by atoms with Crippen LogP contribution in [0.25, 0.3) is 0 Å². The Labute approximate surface area is 89.8 Å². The third-order valence-corrected chi connectivity index (χ3v) is 1.88. The molecule has 0 atom stereocenters. The van der Waals surface area contributed by atoms with Gasteiger partial charge in [-0.1, -0.05) is 24.8 Å². The van der Waals surface area contributed by atoms with E-state index in [0.29, 0.717) is 18.7 Å². The molecule has 0 unspecified atom stereocenters. The van der Waals surface area contributed by atoms with E-state index in [1.54, 1.807) is 12.1 Å². The summed E-state index contributed by atoms with van der Waals surface area (Å²) in [6.07, 6.45) is 2.18. The van der Waals surface area contributed by atoms with E-state index >= 15 is 0 Å². The topological polar surface area (TPSA) is 38.3 Å². The van der Waals surface area contributed by atoms with Gasteiger partial charge in [0.2, 0.25) is 0 Å². The second-order valence-electron chi connectivity index (χ2n) is 3.01. The lowest BCUT2D eigenvalue weighted by atomic mass is 10.2. The van der Waals surface area contributed by atoms with Crippen LogP contribution in [0, 0.1) is 0 Å². The highest BCUT2D eigenvalue weighted by molar-refractivity contribution is 5.94. The van der Waals surface area contributed by atoms with Crippen molar-refractivity contribution in [2.24, 2.45) is 0 Å². The Hall–Kier alpha value is -1.77. The number of rotatable bonds is 6. The molecule has 0 heterocycles. The molecule has 0 aliphatic heterocycles. The molecule has 0 fully saturated rings. The third kappa shape index (κ3) is 4.31. The van der Waals surface area contributed by atoms with Crippen LogP contribution in [-0.2, 0) is 4.74 Å². The maximum Gasteiger partial charge on any atom is 0.251 e. The summed E-state index contributed by atoms with van der Waals surface area (Å²) in [6, 6.07) is 9.14. The molecule has 3 nitrogen and oxygen atoms in total. The largest absolute Gasteiger partial charge is 0.502 e. The minimum atomic E-state index is -0.0470. The molecule has 1 rings (SSSR count). The Morgan fingerprint density at radius 3 is 2.80 bits per heavy atom. The van der Waals surface area contributed by atoms with Crippen molar-refractivity contribution in [1.29, 1.82) is 0 Å². The predicted octanol–water partition coefficient (Wildman–Crippen LogP) is 1.97. The zero-order chi connectivity index (χ0) is 10.9. The first-order chi connectivity index (χ1) is 7.34. The van der Waals surface area contributed by atoms with Crippen molar-refractivity contribution in [1.82, 2.24) is 5.32 Å². The van der Waals surface area contributed by atoms with Gasteiger partial charge in [0, 0.05) is 12.1 Å². The maximum atomic E-state index is 11.5. The van der Waals surface area contributed by atoms with Gasteiger partial charge in [-0.25, -0.2) is 0 Å². The Morgan fingerprint density at radius 1 is 1.40 bits per heavy atom. The predicted molar refractivity (Wildman–Crippen MR) is 59.5 cm³/mol. The molecule has 1 amide bonds. The third-order valence-electron chi connectivity index (χ3n) is 1.88. The van der Waals surface area contributed by atoms with E-state index in [1.165, 1.54) is 6.26 Å². The molecule has 3 heteroatoms. The lowest BCUT2D eigenvalue weighted by molar-refractivity contribution is 0.0950.